The molecule has 1 fully saturated rings. The fourth-order valence-corrected chi connectivity index (χ4v) is 2.55. The number of rotatable bonds is 5. The minimum absolute atomic E-state index is 0.0571. The second kappa shape index (κ2) is 5.28. The molecule has 0 spiro atoms. The fraction of sp³-hybridized carbons (Fsp3) is 0.769. The van der Waals surface area contributed by atoms with Crippen LogP contribution in [0.15, 0.2) is 0 Å². The minimum atomic E-state index is -1.18. The molecule has 0 aliphatic carbocycles. The Balaban J connectivity index is 3.06. The number of nitrogens with zero attached hydrogens (tertiary/aromatic N) is 2. The molecule has 108 valence electrons. The number of hydrogen-bond acceptors (Lipinski definition) is 4. The zero-order valence-electron chi connectivity index (χ0n) is 12.1. The first kappa shape index (κ1) is 15.6. The van der Waals surface area contributed by atoms with E-state index in [-0.39, 0.29) is 24.3 Å². The highest BCUT2D eigenvalue weighted by Gasteiger charge is 2.48. The molecular weight excluding hydrogens is 248 g/mol. The summed E-state index contributed by atoms with van der Waals surface area (Å²) in [5, 5.41) is 9.28. The molecule has 1 rings (SSSR count). The van der Waals surface area contributed by atoms with Crippen molar-refractivity contribution in [1.29, 1.82) is 0 Å². The van der Waals surface area contributed by atoms with Gasteiger partial charge >= 0.3 is 5.97 Å². The van der Waals surface area contributed by atoms with Crippen LogP contribution in [-0.4, -0.2) is 56.9 Å². The molecule has 6 nitrogen and oxygen atoms in total. The van der Waals surface area contributed by atoms with Gasteiger partial charge in [0.05, 0.1) is 12.5 Å². The Labute approximate surface area is 113 Å². The van der Waals surface area contributed by atoms with Crippen LogP contribution in [0.4, 0.5) is 0 Å². The maximum atomic E-state index is 12.3. The molecule has 0 radical (unpaired) electrons. The highest BCUT2D eigenvalue weighted by Crippen LogP contribution is 2.27. The van der Waals surface area contributed by atoms with Crippen LogP contribution in [0, 0.1) is 0 Å². The third-order valence-electron chi connectivity index (χ3n) is 3.63. The number of aliphatic carboxylic acids is 1. The summed E-state index contributed by atoms with van der Waals surface area (Å²) in [6, 6.07) is -0.873. The Kier molecular flexibility index (Phi) is 4.35. The molecule has 1 aliphatic rings. The lowest BCUT2D eigenvalue weighted by Crippen LogP contribution is -2.57. The van der Waals surface area contributed by atoms with E-state index in [0.29, 0.717) is 6.54 Å². The van der Waals surface area contributed by atoms with Gasteiger partial charge in [-0.3, -0.25) is 24.2 Å². The molecule has 1 unspecified atom stereocenters. The zero-order chi connectivity index (χ0) is 15.0. The molecule has 1 atom stereocenters. The molecular formula is C13H22N2O4. The SMILES string of the molecule is CCN(C1CC(=O)N(C(C)C)C1=O)C(C)(C)C(=O)O. The van der Waals surface area contributed by atoms with Gasteiger partial charge in [0.25, 0.3) is 0 Å². The van der Waals surface area contributed by atoms with Crippen LogP contribution in [-0.2, 0) is 14.4 Å². The van der Waals surface area contributed by atoms with Gasteiger partial charge in [0.2, 0.25) is 11.8 Å². The molecule has 0 bridgehead atoms. The molecule has 0 aromatic rings. The van der Waals surface area contributed by atoms with E-state index in [1.165, 1.54) is 4.90 Å². The molecule has 1 saturated heterocycles. The van der Waals surface area contributed by atoms with E-state index >= 15 is 0 Å². The molecule has 6 heteroatoms. The number of carboxylic acids is 1. The topological polar surface area (TPSA) is 77.9 Å². The van der Waals surface area contributed by atoms with Gasteiger partial charge in [-0.1, -0.05) is 6.92 Å². The van der Waals surface area contributed by atoms with Crippen LogP contribution >= 0.6 is 0 Å². The maximum absolute atomic E-state index is 12.3. The first-order valence-corrected chi connectivity index (χ1v) is 6.50. The summed E-state index contributed by atoms with van der Waals surface area (Å²) in [4.78, 5) is 38.3. The van der Waals surface area contributed by atoms with Crippen molar-refractivity contribution in [3.8, 4) is 0 Å². The molecule has 0 saturated carbocycles. The molecule has 1 heterocycles. The van der Waals surface area contributed by atoms with Gasteiger partial charge in [0.15, 0.2) is 0 Å². The largest absolute Gasteiger partial charge is 0.480 e. The van der Waals surface area contributed by atoms with Crippen molar-refractivity contribution in [2.45, 2.75) is 58.7 Å². The highest BCUT2D eigenvalue weighted by atomic mass is 16.4. The Morgan fingerprint density at radius 3 is 2.32 bits per heavy atom. The Hall–Kier alpha value is -1.43. The van der Waals surface area contributed by atoms with Crippen molar-refractivity contribution in [2.75, 3.05) is 6.54 Å². The fourth-order valence-electron chi connectivity index (χ4n) is 2.55. The van der Waals surface area contributed by atoms with Crippen LogP contribution in [0.1, 0.15) is 41.0 Å². The lowest BCUT2D eigenvalue weighted by Gasteiger charge is -2.37. The summed E-state index contributed by atoms with van der Waals surface area (Å²) in [6.07, 6.45) is 0.0571. The second-order valence-electron chi connectivity index (χ2n) is 5.57. The quantitative estimate of drug-likeness (QED) is 0.744. The summed E-state index contributed by atoms with van der Waals surface area (Å²) in [6.45, 7) is 8.84. The molecule has 1 aliphatic heterocycles. The van der Waals surface area contributed by atoms with Crippen LogP contribution in [0.25, 0.3) is 0 Å². The average Bonchev–Trinajstić information content (AvgIpc) is 2.54. The third kappa shape index (κ3) is 2.63. The Morgan fingerprint density at radius 1 is 1.47 bits per heavy atom. The van der Waals surface area contributed by atoms with E-state index in [1.807, 2.05) is 0 Å². The molecule has 1 N–H and O–H groups in total. The number of carbonyl (C=O) groups is 3. The van der Waals surface area contributed by atoms with Crippen LogP contribution in [0.3, 0.4) is 0 Å². The second-order valence-corrected chi connectivity index (χ2v) is 5.57. The van der Waals surface area contributed by atoms with E-state index in [2.05, 4.69) is 0 Å². The standard InChI is InChI=1S/C13H22N2O4/c1-6-14(13(4,5)12(18)19)9-7-10(16)15(8(2)3)11(9)17/h8-9H,6-7H2,1-5H3,(H,18,19). The van der Waals surface area contributed by atoms with E-state index in [9.17, 15) is 19.5 Å². The lowest BCUT2D eigenvalue weighted by atomic mass is 9.99. The summed E-state index contributed by atoms with van der Waals surface area (Å²) in [7, 11) is 0. The molecule has 0 aromatic heterocycles. The van der Waals surface area contributed by atoms with Crippen molar-refractivity contribution in [3.05, 3.63) is 0 Å². The van der Waals surface area contributed by atoms with Crippen molar-refractivity contribution in [1.82, 2.24) is 9.80 Å². The van der Waals surface area contributed by atoms with Crippen molar-refractivity contribution in [3.63, 3.8) is 0 Å². The Morgan fingerprint density at radius 2 is 2.00 bits per heavy atom. The monoisotopic (exact) mass is 270 g/mol. The number of amides is 2. The number of hydrogen-bond donors (Lipinski definition) is 1. The third-order valence-corrected chi connectivity index (χ3v) is 3.63. The maximum Gasteiger partial charge on any atom is 0.323 e. The predicted octanol–water partition coefficient (Wildman–Crippen LogP) is 0.707. The lowest BCUT2D eigenvalue weighted by molar-refractivity contribution is -0.152. The van der Waals surface area contributed by atoms with Gasteiger partial charge in [-0.05, 0) is 34.2 Å². The number of carbonyl (C=O) groups excluding carboxylic acids is 2. The normalized spacial score (nSPS) is 20.8. The van der Waals surface area contributed by atoms with Crippen molar-refractivity contribution >= 4 is 17.8 Å². The van der Waals surface area contributed by atoms with E-state index in [4.69, 9.17) is 0 Å². The molecule has 2 amide bonds. The highest BCUT2D eigenvalue weighted by molar-refractivity contribution is 6.06. The Bertz CT molecular complexity index is 403. The number of likely N-dealkylation sites (tertiary alicyclic amines) is 1. The van der Waals surface area contributed by atoms with Gasteiger partial charge in [-0.2, -0.15) is 0 Å². The molecule has 0 aromatic carbocycles. The smallest absolute Gasteiger partial charge is 0.323 e. The van der Waals surface area contributed by atoms with E-state index < -0.39 is 17.6 Å². The van der Waals surface area contributed by atoms with Gasteiger partial charge in [-0.25, -0.2) is 0 Å². The van der Waals surface area contributed by atoms with Crippen molar-refractivity contribution < 1.29 is 19.5 Å². The predicted molar refractivity (Wildman–Crippen MR) is 69.5 cm³/mol. The summed E-state index contributed by atoms with van der Waals surface area (Å²) >= 11 is 0. The first-order chi connectivity index (χ1) is 8.64. The molecule has 19 heavy (non-hydrogen) atoms. The minimum Gasteiger partial charge on any atom is -0.480 e. The van der Waals surface area contributed by atoms with Crippen LogP contribution in [0.5, 0.6) is 0 Å². The van der Waals surface area contributed by atoms with Gasteiger partial charge in [0, 0.05) is 6.04 Å². The first-order valence-electron chi connectivity index (χ1n) is 6.50. The van der Waals surface area contributed by atoms with E-state index in [1.54, 1.807) is 39.5 Å². The zero-order valence-corrected chi connectivity index (χ0v) is 12.1. The average molecular weight is 270 g/mol. The van der Waals surface area contributed by atoms with Crippen molar-refractivity contribution in [2.24, 2.45) is 0 Å². The number of carboxylic acid groups (broad SMARTS) is 1. The number of imide groups is 1. The van der Waals surface area contributed by atoms with Crippen LogP contribution in [0.2, 0.25) is 0 Å². The summed E-state index contributed by atoms with van der Waals surface area (Å²) in [5.41, 5.74) is -1.18. The van der Waals surface area contributed by atoms with Gasteiger partial charge < -0.3 is 5.11 Å². The van der Waals surface area contributed by atoms with Crippen LogP contribution < -0.4 is 0 Å². The van der Waals surface area contributed by atoms with E-state index in [0.717, 1.165) is 0 Å². The summed E-state index contributed by atoms with van der Waals surface area (Å²) < 4.78 is 0. The summed E-state index contributed by atoms with van der Waals surface area (Å²) in [5.74, 6) is -1.53. The van der Waals surface area contributed by atoms with Gasteiger partial charge in [0.1, 0.15) is 5.54 Å². The van der Waals surface area contributed by atoms with Gasteiger partial charge in [-0.15, -0.1) is 0 Å². The number of likely N-dealkylation sites (N-methyl/N-ethyl adjacent to an activating group) is 1.